The molecule has 1 aromatic rings. The van der Waals surface area contributed by atoms with Crippen LogP contribution in [0.4, 0.5) is 0 Å². The number of dihydropyridines is 2. The molecule has 1 amide bonds. The third kappa shape index (κ3) is 12.5. The van der Waals surface area contributed by atoms with Gasteiger partial charge >= 0.3 is 0 Å². The zero-order valence-electron chi connectivity index (χ0n) is 24.1. The number of hydrogen-bond donors (Lipinski definition) is 4. The van der Waals surface area contributed by atoms with Crippen molar-refractivity contribution >= 4 is 17.5 Å². The fourth-order valence-corrected chi connectivity index (χ4v) is 3.64. The van der Waals surface area contributed by atoms with Crippen molar-refractivity contribution < 1.29 is 9.90 Å². The number of nitrogens with one attached hydrogen (secondary N) is 3. The molecule has 0 bridgehead atoms. The molecule has 4 N–H and O–H groups in total. The molecule has 1 atom stereocenters. The lowest BCUT2D eigenvalue weighted by atomic mass is 10.0. The van der Waals surface area contributed by atoms with E-state index >= 15 is 0 Å². The summed E-state index contributed by atoms with van der Waals surface area (Å²) in [6.45, 7) is 17.1. The molecule has 2 aliphatic heterocycles. The van der Waals surface area contributed by atoms with Crippen molar-refractivity contribution in [2.45, 2.75) is 61.0 Å². The van der Waals surface area contributed by atoms with E-state index in [-0.39, 0.29) is 5.91 Å². The Balaban J connectivity index is 0.00000201. The van der Waals surface area contributed by atoms with Crippen LogP contribution >= 0.6 is 11.6 Å². The van der Waals surface area contributed by atoms with Gasteiger partial charge in [-0.1, -0.05) is 83.5 Å². The Morgan fingerprint density at radius 3 is 2.35 bits per heavy atom. The van der Waals surface area contributed by atoms with Crippen LogP contribution in [0.3, 0.4) is 0 Å². The highest BCUT2D eigenvalue weighted by Crippen LogP contribution is 2.17. The van der Waals surface area contributed by atoms with Gasteiger partial charge in [0.2, 0.25) is 0 Å². The first-order valence-corrected chi connectivity index (χ1v) is 13.9. The van der Waals surface area contributed by atoms with Gasteiger partial charge < -0.3 is 26.0 Å². The van der Waals surface area contributed by atoms with Gasteiger partial charge in [-0.15, -0.1) is 0 Å². The maximum absolute atomic E-state index is 12.7. The van der Waals surface area contributed by atoms with Gasteiger partial charge in [-0.3, -0.25) is 4.79 Å². The number of allylic oxidation sites excluding steroid dienone is 2. The summed E-state index contributed by atoms with van der Waals surface area (Å²) in [4.78, 5) is 14.4. The van der Waals surface area contributed by atoms with Gasteiger partial charge in [0.1, 0.15) is 5.16 Å². The predicted octanol–water partition coefficient (Wildman–Crippen LogP) is 5.37. The molecule has 0 aromatic heterocycles. The summed E-state index contributed by atoms with van der Waals surface area (Å²) in [5, 5.41) is 20.5. The minimum Gasteiger partial charge on any atom is -0.387 e. The maximum atomic E-state index is 12.7. The molecule has 0 saturated carbocycles. The highest BCUT2D eigenvalue weighted by molar-refractivity contribution is 6.29. The smallest absolute Gasteiger partial charge is 0.253 e. The molecule has 3 rings (SSSR count). The largest absolute Gasteiger partial charge is 0.387 e. The minimum absolute atomic E-state index is 0.00600. The lowest BCUT2D eigenvalue weighted by Crippen LogP contribution is -2.34. The monoisotopic (exact) mass is 532 g/mol. The number of amides is 1. The molecule has 0 radical (unpaired) electrons. The van der Waals surface area contributed by atoms with Crippen molar-refractivity contribution in [3.05, 3.63) is 81.7 Å². The Morgan fingerprint density at radius 1 is 1.14 bits per heavy atom. The van der Waals surface area contributed by atoms with Gasteiger partial charge in [-0.25, -0.2) is 0 Å². The van der Waals surface area contributed by atoms with Crippen LogP contribution in [0.1, 0.15) is 64.4 Å². The maximum Gasteiger partial charge on any atom is 0.253 e. The first-order chi connectivity index (χ1) is 17.9. The van der Waals surface area contributed by atoms with Gasteiger partial charge in [-0.05, 0) is 54.3 Å². The number of nitrogens with zero attached hydrogens (tertiary/aromatic N) is 1. The summed E-state index contributed by atoms with van der Waals surface area (Å²) in [6.07, 6.45) is 8.25. The van der Waals surface area contributed by atoms with E-state index in [0.717, 1.165) is 41.8 Å². The van der Waals surface area contributed by atoms with E-state index in [1.165, 1.54) is 0 Å². The molecular weight excluding hydrogens is 484 g/mol. The average molecular weight is 533 g/mol. The Labute approximate surface area is 230 Å². The second-order valence-electron chi connectivity index (χ2n) is 7.93. The fraction of sp³-hybridized carbons (Fsp3) is 0.500. The van der Waals surface area contributed by atoms with Crippen LogP contribution in [0.2, 0.25) is 0 Å². The van der Waals surface area contributed by atoms with Gasteiger partial charge in [0, 0.05) is 45.0 Å². The summed E-state index contributed by atoms with van der Waals surface area (Å²) >= 11 is 6.02. The highest BCUT2D eigenvalue weighted by Gasteiger charge is 2.16. The number of carbonyl (C=O) groups excluding carboxylic acids is 1. The quantitative estimate of drug-likeness (QED) is 0.254. The number of likely N-dealkylation sites (N-methyl/N-ethyl adjacent to an activating group) is 1. The van der Waals surface area contributed by atoms with Gasteiger partial charge in [-0.2, -0.15) is 0 Å². The molecule has 0 saturated heterocycles. The third-order valence-electron chi connectivity index (χ3n) is 5.37. The number of aliphatic hydroxyl groups excluding tert-OH is 1. The Hall–Kier alpha value is -2.54. The second-order valence-corrected chi connectivity index (χ2v) is 8.31. The highest BCUT2D eigenvalue weighted by atomic mass is 35.5. The lowest BCUT2D eigenvalue weighted by molar-refractivity contribution is 0.0807. The van der Waals surface area contributed by atoms with Gasteiger partial charge in [0.15, 0.2) is 0 Å². The molecule has 208 valence electrons. The van der Waals surface area contributed by atoms with Crippen molar-refractivity contribution in [3.63, 3.8) is 0 Å². The standard InChI is InChI=1S/C24H31ClN4O2.3C2H6/c1-17-12-21(14-28-23(17)25)22(30)15-27-11-9-18-5-7-20(8-6-18)24(31)29(2)16-19-4-3-10-26-13-19;3*1-2/h3-8,12-13,22,26-28,30H,9-11,14-16H2,1-2H3;3*1-2H3. The molecule has 6 nitrogen and oxygen atoms in total. The first kappa shape index (κ1) is 34.5. The summed E-state index contributed by atoms with van der Waals surface area (Å²) in [6, 6.07) is 7.74. The molecular formula is C30H49ClN4O2. The van der Waals surface area contributed by atoms with Crippen molar-refractivity contribution in [2.75, 3.05) is 39.8 Å². The third-order valence-corrected chi connectivity index (χ3v) is 5.81. The van der Waals surface area contributed by atoms with Crippen LogP contribution in [0.15, 0.2) is 70.6 Å². The van der Waals surface area contributed by atoms with Crippen LogP contribution in [0, 0.1) is 0 Å². The molecule has 37 heavy (non-hydrogen) atoms. The zero-order chi connectivity index (χ0) is 28.2. The second kappa shape index (κ2) is 20.5. The van der Waals surface area contributed by atoms with Gasteiger partial charge in [0.05, 0.1) is 6.10 Å². The van der Waals surface area contributed by atoms with Crippen molar-refractivity contribution in [1.82, 2.24) is 20.9 Å². The van der Waals surface area contributed by atoms with Crippen LogP contribution in [0.25, 0.3) is 0 Å². The first-order valence-electron chi connectivity index (χ1n) is 13.6. The van der Waals surface area contributed by atoms with E-state index in [9.17, 15) is 9.90 Å². The predicted molar refractivity (Wildman–Crippen MR) is 160 cm³/mol. The fourth-order valence-electron chi connectivity index (χ4n) is 3.52. The number of rotatable bonds is 9. The van der Waals surface area contributed by atoms with E-state index in [4.69, 9.17) is 11.6 Å². The normalized spacial score (nSPS) is 14.5. The number of carbonyl (C=O) groups is 1. The van der Waals surface area contributed by atoms with Crippen LogP contribution in [-0.2, 0) is 6.42 Å². The van der Waals surface area contributed by atoms with Crippen LogP contribution in [-0.4, -0.2) is 61.8 Å². The number of halogens is 1. The molecule has 7 heteroatoms. The summed E-state index contributed by atoms with van der Waals surface area (Å²) in [7, 11) is 1.82. The molecule has 0 aliphatic carbocycles. The van der Waals surface area contributed by atoms with E-state index in [2.05, 4.69) is 16.0 Å². The molecule has 1 aromatic carbocycles. The van der Waals surface area contributed by atoms with E-state index in [0.29, 0.717) is 30.4 Å². The minimum atomic E-state index is -0.549. The Bertz CT molecular complexity index is 905. The SMILES string of the molecule is CC.CC.CC.CC1=C(Cl)NCC(C(O)CNCCc2ccc(C(=O)N(C)CC3=CNCC=C3)cc2)=C1. The number of benzene rings is 1. The molecule has 0 fully saturated rings. The zero-order valence-corrected chi connectivity index (χ0v) is 24.9. The molecule has 1 unspecified atom stereocenters. The summed E-state index contributed by atoms with van der Waals surface area (Å²) in [5.41, 5.74) is 4.78. The van der Waals surface area contributed by atoms with E-state index in [1.807, 2.05) is 104 Å². The van der Waals surface area contributed by atoms with Gasteiger partial charge in [0.25, 0.3) is 5.91 Å². The van der Waals surface area contributed by atoms with Crippen molar-refractivity contribution in [1.29, 1.82) is 0 Å². The van der Waals surface area contributed by atoms with E-state index < -0.39 is 6.10 Å². The van der Waals surface area contributed by atoms with E-state index in [1.54, 1.807) is 4.90 Å². The Kier molecular flexibility index (Phi) is 19.1. The lowest BCUT2D eigenvalue weighted by Gasteiger charge is -2.21. The average Bonchev–Trinajstić information content (AvgIpc) is 2.96. The van der Waals surface area contributed by atoms with Crippen molar-refractivity contribution in [3.8, 4) is 0 Å². The molecule has 2 heterocycles. The molecule has 0 spiro atoms. The topological polar surface area (TPSA) is 76.6 Å². The van der Waals surface area contributed by atoms with Crippen LogP contribution in [0.5, 0.6) is 0 Å². The summed E-state index contributed by atoms with van der Waals surface area (Å²) < 4.78 is 0. The Morgan fingerprint density at radius 2 is 1.78 bits per heavy atom. The van der Waals surface area contributed by atoms with Crippen LogP contribution < -0.4 is 16.0 Å². The number of hydrogen-bond acceptors (Lipinski definition) is 5. The number of aliphatic hydroxyl groups is 1. The molecule has 2 aliphatic rings. The summed E-state index contributed by atoms with van der Waals surface area (Å²) in [5.74, 6) is 0.00600. The van der Waals surface area contributed by atoms with Crippen molar-refractivity contribution in [2.24, 2.45) is 0 Å².